The van der Waals surface area contributed by atoms with Crippen molar-refractivity contribution in [2.75, 3.05) is 24.6 Å². The van der Waals surface area contributed by atoms with Crippen LogP contribution in [0.25, 0.3) is 5.65 Å². The number of fused-ring (bicyclic) bond motifs is 2. The summed E-state index contributed by atoms with van der Waals surface area (Å²) in [5.41, 5.74) is 8.09. The van der Waals surface area contributed by atoms with Gasteiger partial charge >= 0.3 is 0 Å². The number of primary amides is 1. The van der Waals surface area contributed by atoms with Crippen molar-refractivity contribution in [2.45, 2.75) is 63.1 Å². The fraction of sp³-hybridized carbons (Fsp3) is 0.682. The molecule has 7 rings (SSSR count). The van der Waals surface area contributed by atoms with E-state index in [1.165, 1.54) is 12.1 Å². The van der Waals surface area contributed by atoms with Crippen LogP contribution in [0.15, 0.2) is 12.3 Å². The highest BCUT2D eigenvalue weighted by molar-refractivity contribution is 5.75. The zero-order valence-corrected chi connectivity index (χ0v) is 17.7. The van der Waals surface area contributed by atoms with Crippen LogP contribution in [0.5, 0.6) is 0 Å². The highest BCUT2D eigenvalue weighted by atomic mass is 16.5. The van der Waals surface area contributed by atoms with Gasteiger partial charge in [0.2, 0.25) is 5.91 Å². The Balaban J connectivity index is 1.31. The van der Waals surface area contributed by atoms with Gasteiger partial charge in [0.15, 0.2) is 11.5 Å². The maximum Gasteiger partial charge on any atom is 0.219 e. The summed E-state index contributed by atoms with van der Waals surface area (Å²) in [5.74, 6) is 1.70. The molecule has 2 aromatic heterocycles. The average Bonchev–Trinajstić information content (AvgIpc) is 3.14. The van der Waals surface area contributed by atoms with Gasteiger partial charge in [-0.3, -0.25) is 4.79 Å². The molecule has 160 valence electrons. The van der Waals surface area contributed by atoms with E-state index in [0.717, 1.165) is 61.9 Å². The lowest BCUT2D eigenvalue weighted by Gasteiger charge is -2.45. The zero-order valence-electron chi connectivity index (χ0n) is 17.7. The summed E-state index contributed by atoms with van der Waals surface area (Å²) in [5, 5.41) is 8.63. The molecule has 5 fully saturated rings. The Kier molecular flexibility index (Phi) is 3.82. The average molecular weight is 411 g/mol. The lowest BCUT2D eigenvalue weighted by Crippen LogP contribution is -2.61. The van der Waals surface area contributed by atoms with E-state index in [2.05, 4.69) is 36.3 Å². The second-order valence-corrected chi connectivity index (χ2v) is 10.1. The molecule has 3 aliphatic heterocycles. The number of rotatable bonds is 6. The second kappa shape index (κ2) is 6.17. The normalized spacial score (nSPS) is 33.8. The molecule has 2 bridgehead atoms. The first kappa shape index (κ1) is 18.6. The maximum absolute atomic E-state index is 11.5. The van der Waals surface area contributed by atoms with E-state index in [9.17, 15) is 4.79 Å². The number of ether oxygens (including phenoxy) is 1. The third-order valence-corrected chi connectivity index (χ3v) is 7.69. The molecular weight excluding hydrogens is 380 g/mol. The molecule has 3 N–H and O–H groups in total. The minimum atomic E-state index is -0.487. The van der Waals surface area contributed by atoms with Crippen LogP contribution in [0, 0.1) is 18.8 Å². The fourth-order valence-electron chi connectivity index (χ4n) is 5.78. The molecule has 5 heterocycles. The SMILES string of the molecule is Cc1cc(N2CCC(C)C2)cn2nc(C34CC(CO3)C4NC3(CC(N)=O)CC3)nc12. The lowest BCUT2D eigenvalue weighted by atomic mass is 9.68. The van der Waals surface area contributed by atoms with E-state index < -0.39 is 5.60 Å². The van der Waals surface area contributed by atoms with Gasteiger partial charge in [-0.2, -0.15) is 0 Å². The standard InChI is InChI=1S/C22H30N6O2/c1-13-3-6-27(10-13)16-7-14(2)19-24-20(26-28(19)11-16)22-8-15(12-30-22)18(22)25-21(4-5-21)9-17(23)29/h7,11,13,15,18,25H,3-6,8-10,12H2,1-2H3,(H2,23,29). The summed E-state index contributed by atoms with van der Waals surface area (Å²) in [7, 11) is 0. The minimum Gasteiger partial charge on any atom is -0.370 e. The Bertz CT molecular complexity index is 1030. The van der Waals surface area contributed by atoms with Crippen molar-refractivity contribution in [3.8, 4) is 0 Å². The smallest absolute Gasteiger partial charge is 0.219 e. The summed E-state index contributed by atoms with van der Waals surface area (Å²) in [6, 6.07) is 2.38. The number of nitrogens with one attached hydrogen (secondary N) is 1. The molecule has 3 saturated heterocycles. The number of hydrogen-bond donors (Lipinski definition) is 2. The Hall–Kier alpha value is -2.19. The topological polar surface area (TPSA) is 97.8 Å². The van der Waals surface area contributed by atoms with Crippen molar-refractivity contribution in [3.63, 3.8) is 0 Å². The van der Waals surface area contributed by atoms with Crippen molar-refractivity contribution in [1.82, 2.24) is 19.9 Å². The summed E-state index contributed by atoms with van der Waals surface area (Å²) in [6.45, 7) is 7.32. The number of anilines is 1. The molecule has 8 nitrogen and oxygen atoms in total. The third kappa shape index (κ3) is 2.69. The first-order valence-corrected chi connectivity index (χ1v) is 11.2. The minimum absolute atomic E-state index is 0.149. The highest BCUT2D eigenvalue weighted by Gasteiger charge is 2.66. The predicted octanol–water partition coefficient (Wildman–Crippen LogP) is 1.50. The number of carbonyl (C=O) groups is 1. The number of nitrogens with two attached hydrogens (primary N) is 1. The maximum atomic E-state index is 11.5. The Morgan fingerprint density at radius 3 is 2.93 bits per heavy atom. The molecule has 2 aromatic rings. The lowest BCUT2D eigenvalue weighted by molar-refractivity contribution is -0.119. The quantitative estimate of drug-likeness (QED) is 0.749. The summed E-state index contributed by atoms with van der Waals surface area (Å²) < 4.78 is 8.21. The molecule has 0 aromatic carbocycles. The van der Waals surface area contributed by atoms with Gasteiger partial charge in [-0.05, 0) is 50.2 Å². The van der Waals surface area contributed by atoms with Gasteiger partial charge in [-0.1, -0.05) is 6.92 Å². The molecular formula is C22H30N6O2. The number of aryl methyl sites for hydroxylation is 1. The van der Waals surface area contributed by atoms with Gasteiger partial charge < -0.3 is 20.7 Å². The van der Waals surface area contributed by atoms with Crippen molar-refractivity contribution >= 4 is 17.2 Å². The number of amides is 1. The van der Waals surface area contributed by atoms with Gasteiger partial charge in [-0.15, -0.1) is 5.10 Å². The molecule has 30 heavy (non-hydrogen) atoms. The number of hydrogen-bond acceptors (Lipinski definition) is 6. The van der Waals surface area contributed by atoms with Crippen LogP contribution in [-0.2, 0) is 15.1 Å². The Morgan fingerprint density at radius 2 is 2.27 bits per heavy atom. The van der Waals surface area contributed by atoms with Gasteiger partial charge in [-0.25, -0.2) is 9.50 Å². The van der Waals surface area contributed by atoms with Gasteiger partial charge in [0.05, 0.1) is 18.5 Å². The van der Waals surface area contributed by atoms with Crippen molar-refractivity contribution in [2.24, 2.45) is 17.6 Å². The summed E-state index contributed by atoms with van der Waals surface area (Å²) in [6.07, 6.45) is 6.65. The highest BCUT2D eigenvalue weighted by Crippen LogP contribution is 2.56. The number of carbonyl (C=O) groups excluding carboxylic acids is 1. The van der Waals surface area contributed by atoms with Crippen molar-refractivity contribution in [1.29, 1.82) is 0 Å². The van der Waals surface area contributed by atoms with E-state index in [1.54, 1.807) is 0 Å². The number of pyridine rings is 1. The van der Waals surface area contributed by atoms with Crippen LogP contribution in [-0.4, -0.2) is 51.8 Å². The first-order chi connectivity index (χ1) is 14.4. The van der Waals surface area contributed by atoms with Crippen LogP contribution < -0.4 is 16.0 Å². The molecule has 5 aliphatic rings. The molecule has 2 aliphatic carbocycles. The van der Waals surface area contributed by atoms with Gasteiger partial charge in [0.1, 0.15) is 5.60 Å². The zero-order chi connectivity index (χ0) is 20.7. The van der Waals surface area contributed by atoms with Crippen molar-refractivity contribution in [3.05, 3.63) is 23.7 Å². The van der Waals surface area contributed by atoms with Crippen LogP contribution in [0.4, 0.5) is 5.69 Å². The molecule has 0 radical (unpaired) electrons. The van der Waals surface area contributed by atoms with Crippen LogP contribution in [0.1, 0.15) is 50.4 Å². The molecule has 2 saturated carbocycles. The van der Waals surface area contributed by atoms with Crippen molar-refractivity contribution < 1.29 is 9.53 Å². The molecule has 8 heteroatoms. The van der Waals surface area contributed by atoms with E-state index >= 15 is 0 Å². The Labute approximate surface area is 176 Å². The van der Waals surface area contributed by atoms with E-state index in [1.807, 2.05) is 4.52 Å². The Morgan fingerprint density at radius 1 is 1.43 bits per heavy atom. The van der Waals surface area contributed by atoms with E-state index in [-0.39, 0.29) is 17.5 Å². The molecule has 4 unspecified atom stereocenters. The fourth-order valence-corrected chi connectivity index (χ4v) is 5.78. The second-order valence-electron chi connectivity index (χ2n) is 10.1. The van der Waals surface area contributed by atoms with Gasteiger partial charge in [0, 0.05) is 37.0 Å². The van der Waals surface area contributed by atoms with Crippen LogP contribution >= 0.6 is 0 Å². The number of nitrogens with zero attached hydrogens (tertiary/aromatic N) is 4. The molecule has 4 atom stereocenters. The van der Waals surface area contributed by atoms with E-state index in [4.69, 9.17) is 20.6 Å². The monoisotopic (exact) mass is 410 g/mol. The summed E-state index contributed by atoms with van der Waals surface area (Å²) >= 11 is 0. The molecule has 0 spiro atoms. The predicted molar refractivity (Wildman–Crippen MR) is 112 cm³/mol. The first-order valence-electron chi connectivity index (χ1n) is 11.2. The van der Waals surface area contributed by atoms with E-state index in [0.29, 0.717) is 12.3 Å². The van der Waals surface area contributed by atoms with Crippen LogP contribution in [0.3, 0.4) is 0 Å². The largest absolute Gasteiger partial charge is 0.370 e. The van der Waals surface area contributed by atoms with Crippen LogP contribution in [0.2, 0.25) is 0 Å². The summed E-state index contributed by atoms with van der Waals surface area (Å²) in [4.78, 5) is 18.9. The molecule has 1 amide bonds. The third-order valence-electron chi connectivity index (χ3n) is 7.69. The number of aromatic nitrogens is 3. The van der Waals surface area contributed by atoms with Gasteiger partial charge in [0.25, 0.3) is 0 Å².